The van der Waals surface area contributed by atoms with Crippen molar-refractivity contribution in [3.63, 3.8) is 0 Å². The smallest absolute Gasteiger partial charge is 0.397 e. The molecule has 4 aromatic carbocycles. The Morgan fingerprint density at radius 1 is 0.618 bits per heavy atom. The lowest BCUT2D eigenvalue weighted by molar-refractivity contribution is 0.282. The second-order valence-electron chi connectivity index (χ2n) is 10.6. The van der Waals surface area contributed by atoms with E-state index in [0.29, 0.717) is 0 Å². The molecule has 0 bridgehead atoms. The lowest BCUT2D eigenvalue weighted by Crippen LogP contribution is -2.15. The van der Waals surface area contributed by atoms with Gasteiger partial charge in [-0.05, 0) is 66.0 Å². The molecule has 0 atom stereocenters. The van der Waals surface area contributed by atoms with Gasteiger partial charge >= 0.3 is 20.8 Å². The molecule has 0 aromatic heterocycles. The molecule has 0 aliphatic rings. The highest BCUT2D eigenvalue weighted by Crippen LogP contribution is 2.47. The van der Waals surface area contributed by atoms with Crippen molar-refractivity contribution in [2.45, 2.75) is 19.6 Å². The van der Waals surface area contributed by atoms with Crippen LogP contribution in [-0.2, 0) is 69.7 Å². The van der Waals surface area contributed by atoms with Crippen molar-refractivity contribution in [1.29, 1.82) is 0 Å². The number of phenols is 1. The van der Waals surface area contributed by atoms with Gasteiger partial charge in [0.25, 0.3) is 10.1 Å². The summed E-state index contributed by atoms with van der Waals surface area (Å²) in [5, 5.41) is 25.5. The van der Waals surface area contributed by atoms with E-state index in [1.807, 2.05) is 0 Å². The highest BCUT2D eigenvalue weighted by molar-refractivity contribution is 7.91. The van der Waals surface area contributed by atoms with Crippen LogP contribution in [-0.4, -0.2) is 94.0 Å². The maximum absolute atomic E-state index is 12.4. The van der Waals surface area contributed by atoms with Gasteiger partial charge in [-0.15, -0.1) is 10.2 Å². The van der Waals surface area contributed by atoms with Gasteiger partial charge in [0, 0.05) is 0 Å². The molecule has 0 saturated carbocycles. The van der Waals surface area contributed by atoms with Crippen molar-refractivity contribution in [2.75, 3.05) is 30.5 Å². The Bertz CT molecular complexity index is 2850. The summed E-state index contributed by atoms with van der Waals surface area (Å²) in [6, 6.07) is 10.1. The zero-order valence-corrected chi connectivity index (χ0v) is 31.9. The summed E-state index contributed by atoms with van der Waals surface area (Å²) in [6.07, 6.45) is 0. The Kier molecular flexibility index (Phi) is 12.8. The number of nitrogens with zero attached hydrogens (tertiary/aromatic N) is 4. The minimum atomic E-state index is -5.17. The van der Waals surface area contributed by atoms with E-state index >= 15 is 0 Å². The average Bonchev–Trinajstić information content (AvgIpc) is 3.05. The minimum absolute atomic E-state index is 0.0888. The van der Waals surface area contributed by atoms with Gasteiger partial charge in [0.15, 0.2) is 36.1 Å². The van der Waals surface area contributed by atoms with Crippen LogP contribution in [0.1, 0.15) is 0 Å². The first-order chi connectivity index (χ1) is 25.3. The van der Waals surface area contributed by atoms with Crippen LogP contribution in [0.3, 0.4) is 0 Å². The van der Waals surface area contributed by atoms with Gasteiger partial charge in [-0.2, -0.15) is 35.5 Å². The minimum Gasteiger partial charge on any atom is -0.505 e. The maximum Gasteiger partial charge on any atom is 0.397 e. The number of thiol groups is 1. The van der Waals surface area contributed by atoms with E-state index < -0.39 is 124 Å². The molecule has 0 aliphatic heterocycles. The highest BCUT2D eigenvalue weighted by Gasteiger charge is 2.26. The SMILES string of the molecule is Nc1c(/N=N/c2ccc(S(=O)(=O)CCOS(=O)(=O)O)cc2)c(S(=O)(=O)O)cc2cc([SH](=O)=O)c(/N=N/c3ccc(S(=O)(=O)CCOS(=O)(=O)O)cc3)c(O)c12. The number of hydrogen-bond acceptors (Lipinski definition) is 20. The highest BCUT2D eigenvalue weighted by atomic mass is 32.3. The summed E-state index contributed by atoms with van der Waals surface area (Å²) < 4.78 is 177. The Morgan fingerprint density at radius 3 is 1.42 bits per heavy atom. The lowest BCUT2D eigenvalue weighted by atomic mass is 10.1. The summed E-state index contributed by atoms with van der Waals surface area (Å²) in [5.74, 6) is -2.64. The molecular formula is C26H25N5O18S6. The van der Waals surface area contributed by atoms with Gasteiger partial charge in [0.1, 0.15) is 16.3 Å². The van der Waals surface area contributed by atoms with Gasteiger partial charge in [-0.25, -0.2) is 33.6 Å². The molecule has 6 N–H and O–H groups in total. The topological polar surface area (TPSA) is 380 Å². The number of benzene rings is 4. The first-order valence-electron chi connectivity index (χ1n) is 14.3. The Labute approximate surface area is 313 Å². The van der Waals surface area contributed by atoms with Gasteiger partial charge < -0.3 is 10.8 Å². The molecule has 0 heterocycles. The molecule has 4 aromatic rings. The van der Waals surface area contributed by atoms with Crippen molar-refractivity contribution in [3.05, 3.63) is 60.7 Å². The van der Waals surface area contributed by atoms with E-state index in [2.05, 4.69) is 28.8 Å². The summed E-state index contributed by atoms with van der Waals surface area (Å²) in [7, 11) is -26.8. The van der Waals surface area contributed by atoms with Crippen molar-refractivity contribution in [2.24, 2.45) is 20.5 Å². The molecule has 4 rings (SSSR count). The van der Waals surface area contributed by atoms with Crippen LogP contribution in [0.15, 0.2) is 101 Å². The van der Waals surface area contributed by atoms with E-state index in [1.54, 1.807) is 0 Å². The number of phenolic OH excluding ortho intramolecular Hbond substituents is 1. The van der Waals surface area contributed by atoms with Gasteiger partial charge in [0.2, 0.25) is 0 Å². The summed E-state index contributed by atoms with van der Waals surface area (Å²) in [5.41, 5.74) is 3.84. The molecule has 298 valence electrons. The zero-order valence-electron chi connectivity index (χ0n) is 27.0. The second-order valence-corrected chi connectivity index (χ2v) is 19.4. The van der Waals surface area contributed by atoms with Crippen LogP contribution in [0.4, 0.5) is 28.4 Å². The molecule has 0 radical (unpaired) electrons. The number of fused-ring (bicyclic) bond motifs is 1. The number of anilines is 1. The lowest BCUT2D eigenvalue weighted by Gasteiger charge is -2.13. The molecule has 0 amide bonds. The third-order valence-electron chi connectivity index (χ3n) is 6.89. The average molecular weight is 888 g/mol. The summed E-state index contributed by atoms with van der Waals surface area (Å²) >= 11 is 0. The molecule has 0 unspecified atom stereocenters. The van der Waals surface area contributed by atoms with Gasteiger partial charge in [-0.3, -0.25) is 13.7 Å². The van der Waals surface area contributed by atoms with Gasteiger partial charge in [0.05, 0.1) is 61.9 Å². The first-order valence-corrected chi connectivity index (χ1v) is 22.9. The van der Waals surface area contributed by atoms with Crippen molar-refractivity contribution in [3.8, 4) is 5.75 Å². The first kappa shape index (κ1) is 43.2. The Hall–Kier alpha value is -4.56. The van der Waals surface area contributed by atoms with E-state index in [-0.39, 0.29) is 26.6 Å². The molecule has 0 saturated heterocycles. The van der Waals surface area contributed by atoms with Crippen molar-refractivity contribution in [1.82, 2.24) is 0 Å². The van der Waals surface area contributed by atoms with Crippen molar-refractivity contribution >= 4 is 101 Å². The van der Waals surface area contributed by atoms with E-state index in [0.717, 1.165) is 60.7 Å². The number of nitrogens with two attached hydrogens (primary N) is 1. The van der Waals surface area contributed by atoms with E-state index in [4.69, 9.17) is 14.8 Å². The number of nitrogen functional groups attached to an aromatic ring is 1. The van der Waals surface area contributed by atoms with Crippen LogP contribution < -0.4 is 5.73 Å². The second kappa shape index (κ2) is 16.3. The summed E-state index contributed by atoms with van der Waals surface area (Å²) in [4.78, 5) is -2.34. The molecule has 0 fully saturated rings. The third-order valence-corrected chi connectivity index (χ3v) is 12.8. The number of rotatable bonds is 16. The quantitative estimate of drug-likeness (QED) is 0.0407. The van der Waals surface area contributed by atoms with Crippen LogP contribution in [0.25, 0.3) is 10.8 Å². The zero-order chi connectivity index (χ0) is 41.1. The van der Waals surface area contributed by atoms with Gasteiger partial charge in [-0.1, -0.05) is 0 Å². The molecule has 29 heteroatoms. The molecule has 0 spiro atoms. The standard InChI is InChI=1S/C26H25N5O18S6/c27-23-22-15(14-21(53(39,40)41)25(23)31-29-17-3-7-19(8-4-17)52(37,38)12-10-49-55(45,46)47)13-20(50(33)34)24(26(22)32)30-28-16-1-5-18(6-2-16)51(35,36)11-9-48-54(42,43)44/h1-8,13-14,32,50H,9-12,27H2,(H,39,40,41)(H,42,43,44)(H,45,46,47)/b30-28+,31-29+. The van der Waals surface area contributed by atoms with E-state index in [1.165, 1.54) is 0 Å². The van der Waals surface area contributed by atoms with Crippen LogP contribution in [0.5, 0.6) is 5.75 Å². The number of hydrogen-bond donors (Lipinski definition) is 6. The fourth-order valence-electron chi connectivity index (χ4n) is 4.45. The predicted molar refractivity (Wildman–Crippen MR) is 189 cm³/mol. The van der Waals surface area contributed by atoms with Crippen LogP contribution >= 0.6 is 0 Å². The van der Waals surface area contributed by atoms with Crippen molar-refractivity contribution < 1.29 is 77.6 Å². The van der Waals surface area contributed by atoms with Crippen LogP contribution in [0, 0.1) is 0 Å². The monoisotopic (exact) mass is 887 g/mol. The fraction of sp³-hybridized carbons (Fsp3) is 0.154. The molecule has 23 nitrogen and oxygen atoms in total. The fourth-order valence-corrected chi connectivity index (χ4v) is 8.67. The Morgan fingerprint density at radius 2 is 1.04 bits per heavy atom. The number of sulfone groups is 2. The number of azo groups is 2. The van der Waals surface area contributed by atoms with Crippen LogP contribution in [0.2, 0.25) is 0 Å². The molecule has 55 heavy (non-hydrogen) atoms. The maximum atomic E-state index is 12.4. The Balaban J connectivity index is 1.73. The molecular weight excluding hydrogens is 863 g/mol. The number of aromatic hydroxyl groups is 1. The van der Waals surface area contributed by atoms with E-state index in [9.17, 15) is 60.2 Å². The third kappa shape index (κ3) is 11.3. The largest absolute Gasteiger partial charge is 0.505 e. The summed E-state index contributed by atoms with van der Waals surface area (Å²) in [6.45, 7) is -1.79. The molecule has 0 aliphatic carbocycles. The predicted octanol–water partition coefficient (Wildman–Crippen LogP) is 2.36. The normalized spacial score (nSPS) is 13.4.